The summed E-state index contributed by atoms with van der Waals surface area (Å²) in [5.41, 5.74) is 6.28. The van der Waals surface area contributed by atoms with E-state index >= 15 is 0 Å². The maximum absolute atomic E-state index is 11.8. The number of nitrogens with two attached hydrogens (primary N) is 1. The number of rotatable bonds is 2. The first-order valence-electron chi connectivity index (χ1n) is 5.71. The number of amides is 1. The second-order valence-corrected chi connectivity index (χ2v) is 5.43. The molecule has 16 heavy (non-hydrogen) atoms. The first-order chi connectivity index (χ1) is 7.65. The molecular weight excluding hydrogens is 266 g/mol. The molecule has 1 aliphatic carbocycles. The number of hydrogen-bond donors (Lipinski definition) is 1. The predicted octanol–water partition coefficient (Wildman–Crippen LogP) is 3.14. The summed E-state index contributed by atoms with van der Waals surface area (Å²) < 4.78 is 1.03. The molecule has 0 saturated heterocycles. The summed E-state index contributed by atoms with van der Waals surface area (Å²) in [4.78, 5) is 11.8. The predicted molar refractivity (Wildman–Crippen MR) is 68.1 cm³/mol. The normalized spacial score (nSPS) is 19.3. The Morgan fingerprint density at radius 2 is 1.69 bits per heavy atom. The van der Waals surface area contributed by atoms with Crippen LogP contribution in [0.4, 0.5) is 0 Å². The summed E-state index contributed by atoms with van der Waals surface area (Å²) in [7, 11) is 0. The van der Waals surface area contributed by atoms with Crippen molar-refractivity contribution in [3.63, 3.8) is 0 Å². The minimum absolute atomic E-state index is 0.172. The van der Waals surface area contributed by atoms with Crippen LogP contribution in [0.15, 0.2) is 28.7 Å². The van der Waals surface area contributed by atoms with E-state index in [4.69, 9.17) is 5.73 Å². The average Bonchev–Trinajstić information content (AvgIpc) is 2.30. The molecular formula is C13H16BrNO. The summed E-state index contributed by atoms with van der Waals surface area (Å²) in [5, 5.41) is 0. The lowest BCUT2D eigenvalue weighted by molar-refractivity contribution is -0.124. The van der Waals surface area contributed by atoms with Crippen LogP contribution in [0.25, 0.3) is 0 Å². The van der Waals surface area contributed by atoms with E-state index in [0.717, 1.165) is 35.7 Å². The number of benzene rings is 1. The molecule has 1 aromatic carbocycles. The Morgan fingerprint density at radius 3 is 2.19 bits per heavy atom. The quantitative estimate of drug-likeness (QED) is 0.889. The molecule has 2 N–H and O–H groups in total. The monoisotopic (exact) mass is 281 g/mol. The van der Waals surface area contributed by atoms with Gasteiger partial charge in [-0.1, -0.05) is 47.3 Å². The van der Waals surface area contributed by atoms with Gasteiger partial charge in [0.15, 0.2) is 0 Å². The molecule has 0 atom stereocenters. The van der Waals surface area contributed by atoms with E-state index < -0.39 is 5.41 Å². The van der Waals surface area contributed by atoms with Crippen molar-refractivity contribution in [3.05, 3.63) is 34.3 Å². The highest BCUT2D eigenvalue weighted by molar-refractivity contribution is 9.10. The number of halogens is 1. The van der Waals surface area contributed by atoms with Gasteiger partial charge >= 0.3 is 0 Å². The van der Waals surface area contributed by atoms with Crippen molar-refractivity contribution < 1.29 is 4.79 Å². The summed E-state index contributed by atoms with van der Waals surface area (Å²) in [6, 6.07) is 7.99. The summed E-state index contributed by atoms with van der Waals surface area (Å²) in [6.45, 7) is 0. The van der Waals surface area contributed by atoms with Crippen LogP contribution in [0, 0.1) is 0 Å². The van der Waals surface area contributed by atoms with Gasteiger partial charge in [-0.3, -0.25) is 4.79 Å². The maximum atomic E-state index is 11.8. The van der Waals surface area contributed by atoms with E-state index in [1.807, 2.05) is 24.3 Å². The third-order valence-corrected chi connectivity index (χ3v) is 4.10. The topological polar surface area (TPSA) is 43.1 Å². The lowest BCUT2D eigenvalue weighted by Crippen LogP contribution is -2.42. The molecule has 0 heterocycles. The van der Waals surface area contributed by atoms with E-state index in [1.54, 1.807) is 0 Å². The molecule has 0 aliphatic heterocycles. The molecule has 1 amide bonds. The van der Waals surface area contributed by atoms with Crippen molar-refractivity contribution in [2.75, 3.05) is 0 Å². The molecule has 1 aliphatic rings. The zero-order valence-electron chi connectivity index (χ0n) is 9.21. The summed E-state index contributed by atoms with van der Waals surface area (Å²) >= 11 is 3.41. The van der Waals surface area contributed by atoms with Crippen molar-refractivity contribution in [3.8, 4) is 0 Å². The van der Waals surface area contributed by atoms with Gasteiger partial charge in [-0.2, -0.15) is 0 Å². The van der Waals surface area contributed by atoms with E-state index in [2.05, 4.69) is 15.9 Å². The minimum Gasteiger partial charge on any atom is -0.369 e. The molecule has 0 unspecified atom stereocenters. The molecule has 0 spiro atoms. The Bertz CT molecular complexity index is 379. The summed E-state index contributed by atoms with van der Waals surface area (Å²) in [6.07, 6.45) is 5.19. The van der Waals surface area contributed by atoms with Gasteiger partial charge in [-0.05, 0) is 30.5 Å². The fourth-order valence-electron chi connectivity index (χ4n) is 2.60. The third kappa shape index (κ3) is 2.01. The van der Waals surface area contributed by atoms with Crippen molar-refractivity contribution >= 4 is 21.8 Å². The van der Waals surface area contributed by atoms with Crippen LogP contribution >= 0.6 is 15.9 Å². The SMILES string of the molecule is NC(=O)C1(c2ccc(Br)cc2)CCCCC1. The molecule has 3 heteroatoms. The number of hydrogen-bond acceptors (Lipinski definition) is 1. The largest absolute Gasteiger partial charge is 0.369 e. The lowest BCUT2D eigenvalue weighted by atomic mass is 9.69. The Hall–Kier alpha value is -0.830. The van der Waals surface area contributed by atoms with Gasteiger partial charge in [0, 0.05) is 4.47 Å². The smallest absolute Gasteiger partial charge is 0.228 e. The zero-order valence-corrected chi connectivity index (χ0v) is 10.8. The maximum Gasteiger partial charge on any atom is 0.228 e. The Kier molecular flexibility index (Phi) is 3.33. The number of carbonyl (C=O) groups is 1. The Balaban J connectivity index is 2.38. The van der Waals surface area contributed by atoms with E-state index in [9.17, 15) is 4.79 Å². The molecule has 0 aromatic heterocycles. The van der Waals surface area contributed by atoms with E-state index in [-0.39, 0.29) is 5.91 Å². The number of primary amides is 1. The molecule has 0 radical (unpaired) electrons. The van der Waals surface area contributed by atoms with Crippen LogP contribution in [0.2, 0.25) is 0 Å². The van der Waals surface area contributed by atoms with Gasteiger partial charge in [0.05, 0.1) is 5.41 Å². The van der Waals surface area contributed by atoms with Crippen LogP contribution in [-0.4, -0.2) is 5.91 Å². The van der Waals surface area contributed by atoms with Gasteiger partial charge in [0.25, 0.3) is 0 Å². The highest BCUT2D eigenvalue weighted by Gasteiger charge is 2.39. The van der Waals surface area contributed by atoms with Crippen LogP contribution in [0.1, 0.15) is 37.7 Å². The average molecular weight is 282 g/mol. The van der Waals surface area contributed by atoms with E-state index in [1.165, 1.54) is 6.42 Å². The van der Waals surface area contributed by atoms with Crippen LogP contribution in [0.3, 0.4) is 0 Å². The van der Waals surface area contributed by atoms with Crippen molar-refractivity contribution in [2.24, 2.45) is 5.73 Å². The second-order valence-electron chi connectivity index (χ2n) is 4.51. The van der Waals surface area contributed by atoms with E-state index in [0.29, 0.717) is 0 Å². The van der Waals surface area contributed by atoms with Gasteiger partial charge in [-0.15, -0.1) is 0 Å². The molecule has 1 fully saturated rings. The number of carbonyl (C=O) groups excluding carboxylic acids is 1. The van der Waals surface area contributed by atoms with Crippen molar-refractivity contribution in [1.29, 1.82) is 0 Å². The summed E-state index contributed by atoms with van der Waals surface area (Å²) in [5.74, 6) is -0.172. The fourth-order valence-corrected chi connectivity index (χ4v) is 2.87. The van der Waals surface area contributed by atoms with Gasteiger partial charge in [0.2, 0.25) is 5.91 Å². The fraction of sp³-hybridized carbons (Fsp3) is 0.462. The standard InChI is InChI=1S/C13H16BrNO/c14-11-6-4-10(5-7-11)13(12(15)16)8-2-1-3-9-13/h4-7H,1-3,8-9H2,(H2,15,16). The van der Waals surface area contributed by atoms with Gasteiger partial charge < -0.3 is 5.73 Å². The molecule has 1 saturated carbocycles. The molecule has 2 nitrogen and oxygen atoms in total. The van der Waals surface area contributed by atoms with Crippen LogP contribution in [0.5, 0.6) is 0 Å². The molecule has 1 aromatic rings. The molecule has 0 bridgehead atoms. The first kappa shape index (κ1) is 11.6. The Morgan fingerprint density at radius 1 is 1.12 bits per heavy atom. The van der Waals surface area contributed by atoms with Gasteiger partial charge in [0.1, 0.15) is 0 Å². The van der Waals surface area contributed by atoms with Crippen molar-refractivity contribution in [2.45, 2.75) is 37.5 Å². The highest BCUT2D eigenvalue weighted by Crippen LogP contribution is 2.39. The lowest BCUT2D eigenvalue weighted by Gasteiger charge is -2.34. The van der Waals surface area contributed by atoms with Crippen molar-refractivity contribution in [1.82, 2.24) is 0 Å². The molecule has 86 valence electrons. The van der Waals surface area contributed by atoms with Gasteiger partial charge in [-0.25, -0.2) is 0 Å². The Labute approximate surface area is 104 Å². The van der Waals surface area contributed by atoms with Crippen LogP contribution in [-0.2, 0) is 10.2 Å². The highest BCUT2D eigenvalue weighted by atomic mass is 79.9. The van der Waals surface area contributed by atoms with Crippen LogP contribution < -0.4 is 5.73 Å². The molecule has 2 rings (SSSR count). The zero-order chi connectivity index (χ0) is 11.6. The minimum atomic E-state index is -0.418. The second kappa shape index (κ2) is 4.58. The first-order valence-corrected chi connectivity index (χ1v) is 6.50. The third-order valence-electron chi connectivity index (χ3n) is 3.58.